The van der Waals surface area contributed by atoms with Crippen LogP contribution < -0.4 is 16.4 Å². The molecule has 4 amide bonds. The summed E-state index contributed by atoms with van der Waals surface area (Å²) in [6.45, 7) is 3.31. The fraction of sp³-hybridized carbons (Fsp3) is 0.692. The monoisotopic (exact) mass is 347 g/mol. The summed E-state index contributed by atoms with van der Waals surface area (Å²) in [5, 5.41) is 6.25. The summed E-state index contributed by atoms with van der Waals surface area (Å²) in [5.74, 6) is -0.818. The van der Waals surface area contributed by atoms with E-state index in [2.05, 4.69) is 10.6 Å². The van der Waals surface area contributed by atoms with Gasteiger partial charge in [0.1, 0.15) is 0 Å². The number of nitrogens with one attached hydrogen (secondary N) is 2. The van der Waals surface area contributed by atoms with Crippen LogP contribution in [0.4, 0.5) is 9.59 Å². The Morgan fingerprint density at radius 1 is 0.917 bits per heavy atom. The number of carbonyl (C=O) groups excluding carboxylic acids is 4. The first kappa shape index (κ1) is 21.4. The van der Waals surface area contributed by atoms with Crippen molar-refractivity contribution >= 4 is 24.0 Å². The highest BCUT2D eigenvalue weighted by Gasteiger charge is 2.19. The average Bonchev–Trinajstić information content (AvgIpc) is 2.58. The predicted octanol–water partition coefficient (Wildman–Crippen LogP) is -0.665. The van der Waals surface area contributed by atoms with Crippen LogP contribution in [0.1, 0.15) is 26.7 Å². The molecule has 0 rings (SSSR count). The zero-order valence-corrected chi connectivity index (χ0v) is 14.2. The minimum atomic E-state index is -0.880. The molecule has 0 bridgehead atoms. The third-order valence-electron chi connectivity index (χ3n) is 2.67. The lowest BCUT2D eigenvalue weighted by Gasteiger charge is -2.22. The Morgan fingerprint density at radius 3 is 1.88 bits per heavy atom. The quantitative estimate of drug-likeness (QED) is 0.518. The molecule has 0 saturated heterocycles. The van der Waals surface area contributed by atoms with E-state index in [0.717, 1.165) is 10.1 Å². The Labute approximate surface area is 140 Å². The van der Waals surface area contributed by atoms with E-state index in [9.17, 15) is 19.2 Å². The van der Waals surface area contributed by atoms with Gasteiger partial charge in [-0.05, 0) is 0 Å². The van der Waals surface area contributed by atoms with E-state index in [1.807, 2.05) is 0 Å². The van der Waals surface area contributed by atoms with Crippen molar-refractivity contribution in [3.8, 4) is 0 Å². The van der Waals surface area contributed by atoms with Crippen LogP contribution in [0.25, 0.3) is 0 Å². The second kappa shape index (κ2) is 11.9. The molecule has 138 valence electrons. The van der Waals surface area contributed by atoms with Gasteiger partial charge in [-0.3, -0.25) is 9.59 Å². The molecule has 0 aromatic heterocycles. The summed E-state index contributed by atoms with van der Waals surface area (Å²) in [7, 11) is 1.35. The Kier molecular flexibility index (Phi) is 10.7. The number of rotatable bonds is 7. The third kappa shape index (κ3) is 8.17. The normalized spacial score (nSPS) is 9.67. The van der Waals surface area contributed by atoms with Crippen LogP contribution in [-0.4, -0.2) is 67.4 Å². The molecular formula is C13H25N5O6. The van der Waals surface area contributed by atoms with Gasteiger partial charge in [0.15, 0.2) is 0 Å². The average molecular weight is 347 g/mol. The molecule has 0 fully saturated rings. The van der Waals surface area contributed by atoms with Crippen LogP contribution in [0.2, 0.25) is 0 Å². The lowest BCUT2D eigenvalue weighted by molar-refractivity contribution is -0.166. The second-order valence-corrected chi connectivity index (χ2v) is 4.42. The van der Waals surface area contributed by atoms with Gasteiger partial charge in [0.05, 0.1) is 13.1 Å². The molecule has 0 aliphatic carbocycles. The van der Waals surface area contributed by atoms with Crippen LogP contribution in [0.5, 0.6) is 0 Å². The molecule has 24 heavy (non-hydrogen) atoms. The highest BCUT2D eigenvalue weighted by atomic mass is 16.7. The first-order valence-corrected chi connectivity index (χ1v) is 7.55. The van der Waals surface area contributed by atoms with Gasteiger partial charge in [0.25, 0.3) is 11.8 Å². The van der Waals surface area contributed by atoms with E-state index in [-0.39, 0.29) is 44.9 Å². The Bertz CT molecular complexity index is 445. The molecule has 0 atom stereocenters. The van der Waals surface area contributed by atoms with Crippen molar-refractivity contribution in [1.82, 2.24) is 20.8 Å². The Hall–Kier alpha value is -2.56. The van der Waals surface area contributed by atoms with Crippen LogP contribution in [0.15, 0.2) is 0 Å². The second-order valence-electron chi connectivity index (χ2n) is 4.42. The molecule has 0 radical (unpaired) electrons. The summed E-state index contributed by atoms with van der Waals surface area (Å²) in [4.78, 5) is 55.6. The molecule has 0 aliphatic heterocycles. The maximum Gasteiger partial charge on any atom is 0.431 e. The fourth-order valence-corrected chi connectivity index (χ4v) is 1.45. The van der Waals surface area contributed by atoms with E-state index in [4.69, 9.17) is 15.4 Å². The number of nitrogens with zero attached hydrogens (tertiary/aromatic N) is 2. The predicted molar refractivity (Wildman–Crippen MR) is 83.1 cm³/mol. The molecular weight excluding hydrogens is 322 g/mol. The number of nitrogens with two attached hydrogens (primary N) is 1. The van der Waals surface area contributed by atoms with E-state index < -0.39 is 18.1 Å². The summed E-state index contributed by atoms with van der Waals surface area (Å²) in [6, 6.07) is 0. The largest absolute Gasteiger partial charge is 0.431 e. The summed E-state index contributed by atoms with van der Waals surface area (Å²) < 4.78 is 0. The minimum absolute atomic E-state index is 0.0433. The van der Waals surface area contributed by atoms with Crippen LogP contribution in [0.3, 0.4) is 0 Å². The van der Waals surface area contributed by atoms with Gasteiger partial charge in [-0.1, -0.05) is 13.8 Å². The molecule has 0 aromatic carbocycles. The molecule has 11 heteroatoms. The first-order valence-electron chi connectivity index (χ1n) is 7.55. The topological polar surface area (TPSA) is 143 Å². The number of carbonyl (C=O) groups is 4. The maximum absolute atomic E-state index is 11.7. The van der Waals surface area contributed by atoms with Crippen molar-refractivity contribution in [3.63, 3.8) is 0 Å². The number of hydrogen-bond donors (Lipinski definition) is 3. The number of amides is 4. The zero-order chi connectivity index (χ0) is 18.5. The highest BCUT2D eigenvalue weighted by molar-refractivity contribution is 5.78. The minimum Gasteiger partial charge on any atom is -0.329 e. The lowest BCUT2D eigenvalue weighted by Crippen LogP contribution is -2.44. The maximum atomic E-state index is 11.7. The smallest absolute Gasteiger partial charge is 0.329 e. The molecule has 0 unspecified atom stereocenters. The van der Waals surface area contributed by atoms with E-state index >= 15 is 0 Å². The summed E-state index contributed by atoms with van der Waals surface area (Å²) in [5.41, 5.74) is 5.34. The SMILES string of the molecule is CCC(=O)N(CCNC(=O)ON(CCN)C(=O)CC)OC(=O)NC. The Balaban J connectivity index is 4.42. The molecule has 0 aliphatic rings. The lowest BCUT2D eigenvalue weighted by atomic mass is 10.4. The van der Waals surface area contributed by atoms with Gasteiger partial charge in [-0.2, -0.15) is 10.1 Å². The van der Waals surface area contributed by atoms with Crippen LogP contribution in [-0.2, 0) is 19.3 Å². The third-order valence-corrected chi connectivity index (χ3v) is 2.67. The van der Waals surface area contributed by atoms with Gasteiger partial charge in [-0.25, -0.2) is 9.59 Å². The summed E-state index contributed by atoms with van der Waals surface area (Å²) in [6.07, 6.45) is -1.40. The fourth-order valence-electron chi connectivity index (χ4n) is 1.45. The standard InChI is InChI=1S/C13H25N5O6/c1-4-10(19)17(8-6-14)24-13(22)16-7-9-18(11(20)5-2)23-12(21)15-3/h4-9,14H2,1-3H3,(H,15,21)(H,16,22). The number of hydrogen-bond acceptors (Lipinski definition) is 7. The molecule has 0 aromatic rings. The van der Waals surface area contributed by atoms with E-state index in [1.165, 1.54) is 7.05 Å². The van der Waals surface area contributed by atoms with Crippen molar-refractivity contribution < 1.29 is 28.9 Å². The van der Waals surface area contributed by atoms with Crippen molar-refractivity contribution in [2.45, 2.75) is 26.7 Å². The van der Waals surface area contributed by atoms with Crippen molar-refractivity contribution in [1.29, 1.82) is 0 Å². The van der Waals surface area contributed by atoms with Crippen LogP contribution in [0, 0.1) is 0 Å². The van der Waals surface area contributed by atoms with Crippen molar-refractivity contribution in [2.24, 2.45) is 5.73 Å². The molecule has 0 heterocycles. The molecule has 0 spiro atoms. The molecule has 4 N–H and O–H groups in total. The Morgan fingerprint density at radius 2 is 1.42 bits per heavy atom. The van der Waals surface area contributed by atoms with Gasteiger partial charge in [0.2, 0.25) is 0 Å². The van der Waals surface area contributed by atoms with Gasteiger partial charge in [-0.15, -0.1) is 0 Å². The number of hydroxylamine groups is 4. The molecule has 0 saturated carbocycles. The van der Waals surface area contributed by atoms with E-state index in [1.54, 1.807) is 13.8 Å². The molecule has 11 nitrogen and oxygen atoms in total. The first-order chi connectivity index (χ1) is 11.4. The van der Waals surface area contributed by atoms with Crippen LogP contribution >= 0.6 is 0 Å². The zero-order valence-electron chi connectivity index (χ0n) is 14.2. The highest BCUT2D eigenvalue weighted by Crippen LogP contribution is 1.98. The van der Waals surface area contributed by atoms with Gasteiger partial charge >= 0.3 is 12.2 Å². The van der Waals surface area contributed by atoms with Crippen molar-refractivity contribution in [3.05, 3.63) is 0 Å². The van der Waals surface area contributed by atoms with E-state index in [0.29, 0.717) is 0 Å². The summed E-state index contributed by atoms with van der Waals surface area (Å²) >= 11 is 0. The van der Waals surface area contributed by atoms with Gasteiger partial charge < -0.3 is 26.0 Å². The van der Waals surface area contributed by atoms with Gasteiger partial charge in [0, 0.05) is 33.0 Å². The van der Waals surface area contributed by atoms with Crippen molar-refractivity contribution in [2.75, 3.05) is 33.2 Å².